The molecule has 0 fully saturated rings. The third kappa shape index (κ3) is 4.08. The Labute approximate surface area is 160 Å². The van der Waals surface area contributed by atoms with E-state index in [1.54, 1.807) is 0 Å². The first kappa shape index (κ1) is 17.9. The Morgan fingerprint density at radius 1 is 1.11 bits per heavy atom. The Kier molecular flexibility index (Phi) is 5.30. The zero-order valence-electron chi connectivity index (χ0n) is 15.7. The molecule has 0 radical (unpaired) electrons. The summed E-state index contributed by atoms with van der Waals surface area (Å²) in [6, 6.07) is 14.4. The highest BCUT2D eigenvalue weighted by Gasteiger charge is 2.24. The van der Waals surface area contributed by atoms with Crippen molar-refractivity contribution in [1.82, 2.24) is 4.90 Å². The first-order valence-corrected chi connectivity index (χ1v) is 9.68. The fourth-order valence-electron chi connectivity index (χ4n) is 3.96. The highest BCUT2D eigenvalue weighted by Crippen LogP contribution is 2.34. The monoisotopic (exact) mass is 366 g/mol. The Bertz CT molecular complexity index is 821. The minimum absolute atomic E-state index is 0.0185. The molecule has 2 aliphatic rings. The van der Waals surface area contributed by atoms with Gasteiger partial charge in [-0.2, -0.15) is 0 Å². The molecule has 0 saturated heterocycles. The minimum atomic E-state index is -0.0185. The average molecular weight is 366 g/mol. The molecule has 0 spiro atoms. The van der Waals surface area contributed by atoms with Gasteiger partial charge in [0, 0.05) is 24.2 Å². The summed E-state index contributed by atoms with van der Waals surface area (Å²) in [5, 5.41) is 2.99. The summed E-state index contributed by atoms with van der Waals surface area (Å²) in [7, 11) is 2.03. The van der Waals surface area contributed by atoms with E-state index in [1.807, 2.05) is 25.2 Å². The van der Waals surface area contributed by atoms with Gasteiger partial charge in [0.2, 0.25) is 5.91 Å². The molecule has 1 aliphatic heterocycles. The van der Waals surface area contributed by atoms with Crippen LogP contribution in [0.25, 0.3) is 0 Å². The molecule has 0 bridgehead atoms. The maximum absolute atomic E-state index is 12.6. The normalized spacial score (nSPS) is 18.5. The molecule has 1 N–H and O–H groups in total. The van der Waals surface area contributed by atoms with Crippen LogP contribution in [0.5, 0.6) is 11.5 Å². The van der Waals surface area contributed by atoms with Crippen LogP contribution in [0.15, 0.2) is 42.5 Å². The van der Waals surface area contributed by atoms with Crippen LogP contribution < -0.4 is 14.8 Å². The maximum atomic E-state index is 12.6. The van der Waals surface area contributed by atoms with E-state index in [2.05, 4.69) is 34.5 Å². The van der Waals surface area contributed by atoms with Crippen molar-refractivity contribution < 1.29 is 14.3 Å². The van der Waals surface area contributed by atoms with Crippen LogP contribution in [0.1, 0.15) is 36.4 Å². The van der Waals surface area contributed by atoms with Gasteiger partial charge in [-0.3, -0.25) is 9.69 Å². The second kappa shape index (κ2) is 8.01. The Morgan fingerprint density at radius 2 is 1.93 bits per heavy atom. The Hall–Kier alpha value is -2.53. The lowest BCUT2D eigenvalue weighted by Crippen LogP contribution is -2.34. The molecule has 1 aliphatic carbocycles. The van der Waals surface area contributed by atoms with E-state index in [1.165, 1.54) is 11.1 Å². The summed E-state index contributed by atoms with van der Waals surface area (Å²) in [5.41, 5.74) is 3.50. The quantitative estimate of drug-likeness (QED) is 0.894. The fraction of sp³-hybridized carbons (Fsp3) is 0.409. The molecular weight excluding hydrogens is 340 g/mol. The van der Waals surface area contributed by atoms with E-state index in [9.17, 15) is 4.79 Å². The maximum Gasteiger partial charge on any atom is 0.238 e. The summed E-state index contributed by atoms with van der Waals surface area (Å²) < 4.78 is 11.3. The van der Waals surface area contributed by atoms with Crippen LogP contribution in [0.3, 0.4) is 0 Å². The van der Waals surface area contributed by atoms with Gasteiger partial charge in [-0.25, -0.2) is 0 Å². The van der Waals surface area contributed by atoms with Gasteiger partial charge in [-0.15, -0.1) is 0 Å². The average Bonchev–Trinajstić information content (AvgIpc) is 2.92. The summed E-state index contributed by atoms with van der Waals surface area (Å²) in [6.07, 6.45) is 4.24. The molecule has 2 aromatic carbocycles. The number of likely N-dealkylation sites (N-methyl/N-ethyl adjacent to an activating group) is 1. The zero-order valence-corrected chi connectivity index (χ0v) is 15.7. The lowest BCUT2D eigenvalue weighted by Gasteiger charge is -2.32. The van der Waals surface area contributed by atoms with Gasteiger partial charge < -0.3 is 14.8 Å². The van der Waals surface area contributed by atoms with Crippen molar-refractivity contribution in [3.63, 3.8) is 0 Å². The highest BCUT2D eigenvalue weighted by molar-refractivity contribution is 5.92. The van der Waals surface area contributed by atoms with Gasteiger partial charge in [-0.1, -0.05) is 24.3 Å². The van der Waals surface area contributed by atoms with Gasteiger partial charge in [0.15, 0.2) is 11.5 Å². The number of nitrogens with one attached hydrogen (secondary N) is 1. The van der Waals surface area contributed by atoms with Crippen LogP contribution in [0, 0.1) is 0 Å². The van der Waals surface area contributed by atoms with Crippen molar-refractivity contribution >= 4 is 11.6 Å². The number of aryl methyl sites for hydroxylation is 1. The number of nitrogens with zero attached hydrogens (tertiary/aromatic N) is 1. The highest BCUT2D eigenvalue weighted by atomic mass is 16.5. The first-order valence-electron chi connectivity index (χ1n) is 9.68. The number of benzene rings is 2. The van der Waals surface area contributed by atoms with Crippen molar-refractivity contribution in [1.29, 1.82) is 0 Å². The largest absolute Gasteiger partial charge is 0.490 e. The van der Waals surface area contributed by atoms with Crippen LogP contribution in [-0.2, 0) is 11.2 Å². The van der Waals surface area contributed by atoms with E-state index < -0.39 is 0 Å². The number of rotatable bonds is 4. The SMILES string of the molecule is CN(CC(=O)Nc1ccc2c(c1)OCCCO2)C1CCCc2ccccc21. The van der Waals surface area contributed by atoms with Crippen LogP contribution >= 0.6 is 0 Å². The van der Waals surface area contributed by atoms with Gasteiger partial charge in [-0.05, 0) is 49.6 Å². The van der Waals surface area contributed by atoms with Crippen LogP contribution in [0.4, 0.5) is 5.69 Å². The van der Waals surface area contributed by atoms with Crippen LogP contribution in [-0.4, -0.2) is 37.6 Å². The van der Waals surface area contributed by atoms with Crippen molar-refractivity contribution in [3.05, 3.63) is 53.6 Å². The molecule has 1 unspecified atom stereocenters. The summed E-state index contributed by atoms with van der Waals surface area (Å²) in [4.78, 5) is 14.7. The molecule has 1 atom stereocenters. The van der Waals surface area contributed by atoms with Gasteiger partial charge in [0.1, 0.15) is 0 Å². The first-order chi connectivity index (χ1) is 13.2. The lowest BCUT2D eigenvalue weighted by molar-refractivity contribution is -0.117. The second-order valence-corrected chi connectivity index (χ2v) is 7.28. The number of carbonyl (C=O) groups is 1. The molecule has 142 valence electrons. The second-order valence-electron chi connectivity index (χ2n) is 7.28. The number of hydrogen-bond acceptors (Lipinski definition) is 4. The van der Waals surface area contributed by atoms with E-state index in [0.29, 0.717) is 31.5 Å². The number of hydrogen-bond donors (Lipinski definition) is 1. The molecular formula is C22H26N2O3. The fourth-order valence-corrected chi connectivity index (χ4v) is 3.96. The molecule has 0 aromatic heterocycles. The van der Waals surface area contributed by atoms with E-state index >= 15 is 0 Å². The molecule has 2 aromatic rings. The molecule has 5 heteroatoms. The lowest BCUT2D eigenvalue weighted by atomic mass is 9.87. The number of anilines is 1. The number of fused-ring (bicyclic) bond motifs is 2. The predicted molar refractivity (Wildman–Crippen MR) is 105 cm³/mol. The molecule has 4 rings (SSSR count). The number of amides is 1. The Morgan fingerprint density at radius 3 is 2.81 bits per heavy atom. The molecule has 1 amide bonds. The summed E-state index contributed by atoms with van der Waals surface area (Å²) in [5.74, 6) is 1.41. The van der Waals surface area contributed by atoms with Crippen molar-refractivity contribution in [3.8, 4) is 11.5 Å². The molecule has 0 saturated carbocycles. The van der Waals surface area contributed by atoms with Gasteiger partial charge >= 0.3 is 0 Å². The van der Waals surface area contributed by atoms with Crippen molar-refractivity contribution in [2.24, 2.45) is 0 Å². The van der Waals surface area contributed by atoms with E-state index in [4.69, 9.17) is 9.47 Å². The predicted octanol–water partition coefficient (Wildman–Crippen LogP) is 3.80. The topological polar surface area (TPSA) is 50.8 Å². The number of ether oxygens (including phenoxy) is 2. The standard InChI is InChI=1S/C22H26N2O3/c1-24(19-9-4-7-16-6-2-3-8-18(16)19)15-22(25)23-17-10-11-20-21(14-17)27-13-5-12-26-20/h2-3,6,8,10-11,14,19H,4-5,7,9,12-13,15H2,1H3,(H,23,25). The third-order valence-corrected chi connectivity index (χ3v) is 5.29. The zero-order chi connectivity index (χ0) is 18.6. The number of carbonyl (C=O) groups excluding carboxylic acids is 1. The molecule has 1 heterocycles. The molecule has 5 nitrogen and oxygen atoms in total. The third-order valence-electron chi connectivity index (χ3n) is 5.29. The summed E-state index contributed by atoms with van der Waals surface area (Å²) >= 11 is 0. The van der Waals surface area contributed by atoms with Gasteiger partial charge in [0.25, 0.3) is 0 Å². The van der Waals surface area contributed by atoms with E-state index in [0.717, 1.165) is 37.1 Å². The van der Waals surface area contributed by atoms with Crippen molar-refractivity contribution in [2.45, 2.75) is 31.7 Å². The van der Waals surface area contributed by atoms with Gasteiger partial charge in [0.05, 0.1) is 19.8 Å². The van der Waals surface area contributed by atoms with Crippen LogP contribution in [0.2, 0.25) is 0 Å². The smallest absolute Gasteiger partial charge is 0.238 e. The Balaban J connectivity index is 1.40. The van der Waals surface area contributed by atoms with E-state index in [-0.39, 0.29) is 5.91 Å². The molecule has 27 heavy (non-hydrogen) atoms. The van der Waals surface area contributed by atoms with Crippen molar-refractivity contribution in [2.75, 3.05) is 32.1 Å². The minimum Gasteiger partial charge on any atom is -0.490 e. The summed E-state index contributed by atoms with van der Waals surface area (Å²) in [6.45, 7) is 1.65.